The van der Waals surface area contributed by atoms with Crippen molar-refractivity contribution in [3.05, 3.63) is 75.0 Å². The van der Waals surface area contributed by atoms with Gasteiger partial charge in [-0.05, 0) is 44.5 Å². The summed E-state index contributed by atoms with van der Waals surface area (Å²) in [5, 5.41) is 17.8. The van der Waals surface area contributed by atoms with E-state index in [9.17, 15) is 36.5 Å². The Balaban J connectivity index is 1.89. The van der Waals surface area contributed by atoms with E-state index >= 15 is 0 Å². The SMILES string of the molecule is Cc1c(C(=O)NCc2cccc(C(F)(F)F)c2)nn(C)c1Oc1ccc([N+](=O)[O-])cc1S(=O)(=O)NC(C)C. The van der Waals surface area contributed by atoms with Crippen LogP contribution in [0.25, 0.3) is 0 Å². The maximum absolute atomic E-state index is 12.9. The van der Waals surface area contributed by atoms with Crippen LogP contribution in [0.3, 0.4) is 0 Å². The molecular weight excluding hydrogens is 531 g/mol. The number of sulfonamides is 1. The molecule has 1 heterocycles. The molecule has 0 saturated heterocycles. The number of aryl methyl sites for hydroxylation is 1. The largest absolute Gasteiger partial charge is 0.438 e. The molecule has 0 saturated carbocycles. The van der Waals surface area contributed by atoms with Gasteiger partial charge in [0.25, 0.3) is 11.6 Å². The van der Waals surface area contributed by atoms with Crippen LogP contribution in [-0.4, -0.2) is 35.1 Å². The number of non-ortho nitro benzene ring substituents is 1. The van der Waals surface area contributed by atoms with E-state index in [0.717, 1.165) is 30.3 Å². The van der Waals surface area contributed by atoms with Crippen molar-refractivity contribution in [1.82, 2.24) is 19.8 Å². The smallest absolute Gasteiger partial charge is 0.416 e. The number of nitro groups is 1. The van der Waals surface area contributed by atoms with Crippen molar-refractivity contribution in [1.29, 1.82) is 0 Å². The summed E-state index contributed by atoms with van der Waals surface area (Å²) in [5.41, 5.74) is -1.02. The van der Waals surface area contributed by atoms with Gasteiger partial charge in [0.2, 0.25) is 15.9 Å². The third-order valence-corrected chi connectivity index (χ3v) is 6.85. The molecule has 204 valence electrons. The summed E-state index contributed by atoms with van der Waals surface area (Å²) >= 11 is 0. The van der Waals surface area contributed by atoms with E-state index in [0.29, 0.717) is 0 Å². The van der Waals surface area contributed by atoms with Crippen LogP contribution in [0.4, 0.5) is 18.9 Å². The highest BCUT2D eigenvalue weighted by Gasteiger charge is 2.30. The monoisotopic (exact) mass is 555 g/mol. The Morgan fingerprint density at radius 1 is 1.21 bits per heavy atom. The number of hydrogen-bond acceptors (Lipinski definition) is 7. The minimum atomic E-state index is -4.53. The zero-order valence-corrected chi connectivity index (χ0v) is 21.5. The molecule has 3 rings (SSSR count). The Hall–Kier alpha value is -3.98. The first-order chi connectivity index (χ1) is 17.6. The van der Waals surface area contributed by atoms with Gasteiger partial charge in [0, 0.05) is 37.3 Å². The molecule has 2 aromatic carbocycles. The van der Waals surface area contributed by atoms with Gasteiger partial charge in [0.15, 0.2) is 5.69 Å². The average molecular weight is 556 g/mol. The van der Waals surface area contributed by atoms with Gasteiger partial charge in [-0.1, -0.05) is 12.1 Å². The molecule has 0 radical (unpaired) electrons. The van der Waals surface area contributed by atoms with E-state index in [2.05, 4.69) is 15.1 Å². The first-order valence-corrected chi connectivity index (χ1v) is 12.5. The van der Waals surface area contributed by atoms with Crippen LogP contribution < -0.4 is 14.8 Å². The predicted molar refractivity (Wildman–Crippen MR) is 129 cm³/mol. The number of nitro benzene ring substituents is 1. The number of halogens is 3. The second-order valence-electron chi connectivity index (χ2n) is 8.55. The second-order valence-corrected chi connectivity index (χ2v) is 10.2. The fourth-order valence-electron chi connectivity index (χ4n) is 3.48. The molecule has 2 N–H and O–H groups in total. The van der Waals surface area contributed by atoms with Crippen LogP contribution in [0.15, 0.2) is 47.4 Å². The number of carbonyl (C=O) groups is 1. The van der Waals surface area contributed by atoms with Gasteiger partial charge in [-0.3, -0.25) is 14.9 Å². The van der Waals surface area contributed by atoms with Crippen molar-refractivity contribution in [2.24, 2.45) is 7.05 Å². The molecule has 1 amide bonds. The molecule has 3 aromatic rings. The van der Waals surface area contributed by atoms with Crippen LogP contribution in [0.1, 0.15) is 41.0 Å². The van der Waals surface area contributed by atoms with Gasteiger partial charge in [0.1, 0.15) is 10.6 Å². The zero-order valence-electron chi connectivity index (χ0n) is 20.7. The van der Waals surface area contributed by atoms with Gasteiger partial charge in [-0.25, -0.2) is 17.8 Å². The van der Waals surface area contributed by atoms with Crippen molar-refractivity contribution < 1.29 is 36.0 Å². The lowest BCUT2D eigenvalue weighted by Crippen LogP contribution is -2.30. The molecule has 38 heavy (non-hydrogen) atoms. The van der Waals surface area contributed by atoms with Crippen LogP contribution in [0, 0.1) is 17.0 Å². The Bertz CT molecular complexity index is 1490. The molecule has 0 aliphatic carbocycles. The van der Waals surface area contributed by atoms with Crippen LogP contribution in [0.5, 0.6) is 11.6 Å². The molecule has 0 atom stereocenters. The highest BCUT2D eigenvalue weighted by Crippen LogP contribution is 2.34. The van der Waals surface area contributed by atoms with Crippen LogP contribution in [0.2, 0.25) is 0 Å². The maximum Gasteiger partial charge on any atom is 0.416 e. The standard InChI is InChI=1S/C23H24F3N5O6S/c1-13(2)29-38(35,36)19-11-17(31(33)34)8-9-18(19)37-22-14(3)20(28-30(22)4)21(32)27-12-15-6-5-7-16(10-15)23(24,25)26/h5-11,13,29H,12H2,1-4H3,(H,27,32). The third-order valence-electron chi connectivity index (χ3n) is 5.17. The maximum atomic E-state index is 12.9. The molecule has 15 heteroatoms. The van der Waals surface area contributed by atoms with Crippen molar-refractivity contribution in [3.8, 4) is 11.6 Å². The number of ether oxygens (including phenoxy) is 1. The summed E-state index contributed by atoms with van der Waals surface area (Å²) in [6.07, 6.45) is -4.53. The lowest BCUT2D eigenvalue weighted by atomic mass is 10.1. The first kappa shape index (κ1) is 28.6. The molecule has 0 fully saturated rings. The van der Waals surface area contributed by atoms with Crippen molar-refractivity contribution in [2.45, 2.75) is 44.4 Å². The second kappa shape index (κ2) is 10.8. The molecule has 0 aliphatic rings. The Morgan fingerprint density at radius 3 is 2.50 bits per heavy atom. The zero-order chi connectivity index (χ0) is 28.4. The fraction of sp³-hybridized carbons (Fsp3) is 0.304. The summed E-state index contributed by atoms with van der Waals surface area (Å²) in [5.74, 6) is -0.974. The van der Waals surface area contributed by atoms with Crippen molar-refractivity contribution in [3.63, 3.8) is 0 Å². The quantitative estimate of drug-likeness (QED) is 0.299. The number of hydrogen-bond donors (Lipinski definition) is 2. The van der Waals surface area contributed by atoms with E-state index in [4.69, 9.17) is 4.74 Å². The molecule has 0 bridgehead atoms. The van der Waals surface area contributed by atoms with Crippen LogP contribution >= 0.6 is 0 Å². The minimum absolute atomic E-state index is 0.0240. The van der Waals surface area contributed by atoms with Gasteiger partial charge in [-0.15, -0.1) is 0 Å². The van der Waals surface area contributed by atoms with E-state index in [-0.39, 0.29) is 35.0 Å². The number of rotatable bonds is 9. The number of benzene rings is 2. The predicted octanol–water partition coefficient (Wildman–Crippen LogP) is 4.06. The molecule has 0 aliphatic heterocycles. The van der Waals surface area contributed by atoms with E-state index in [1.54, 1.807) is 13.8 Å². The highest BCUT2D eigenvalue weighted by atomic mass is 32.2. The van der Waals surface area contributed by atoms with Gasteiger partial charge in [0.05, 0.1) is 10.5 Å². The lowest BCUT2D eigenvalue weighted by Gasteiger charge is -2.14. The van der Waals surface area contributed by atoms with Crippen molar-refractivity contribution in [2.75, 3.05) is 0 Å². The summed E-state index contributed by atoms with van der Waals surface area (Å²) < 4.78 is 73.8. The minimum Gasteiger partial charge on any atom is -0.438 e. The Labute approximate surface area is 215 Å². The van der Waals surface area contributed by atoms with Crippen LogP contribution in [-0.2, 0) is 29.8 Å². The number of amides is 1. The number of aromatic nitrogens is 2. The normalized spacial score (nSPS) is 12.0. The number of nitrogens with one attached hydrogen (secondary N) is 2. The summed E-state index contributed by atoms with van der Waals surface area (Å²) in [4.78, 5) is 22.7. The van der Waals surface area contributed by atoms with Gasteiger partial charge in [-0.2, -0.15) is 18.3 Å². The third kappa shape index (κ3) is 6.47. The van der Waals surface area contributed by atoms with E-state index in [1.165, 1.54) is 30.8 Å². The summed E-state index contributed by atoms with van der Waals surface area (Å²) in [6.45, 7) is 4.42. The molecule has 1 aromatic heterocycles. The van der Waals surface area contributed by atoms with Crippen molar-refractivity contribution >= 4 is 21.6 Å². The first-order valence-electron chi connectivity index (χ1n) is 11.1. The number of nitrogens with zero attached hydrogens (tertiary/aromatic N) is 3. The lowest BCUT2D eigenvalue weighted by molar-refractivity contribution is -0.385. The Kier molecular flexibility index (Phi) is 8.12. The van der Waals surface area contributed by atoms with E-state index < -0.39 is 49.2 Å². The molecule has 11 nitrogen and oxygen atoms in total. The van der Waals surface area contributed by atoms with E-state index in [1.807, 2.05) is 0 Å². The molecule has 0 spiro atoms. The average Bonchev–Trinajstić information content (AvgIpc) is 3.09. The molecular formula is C23H24F3N5O6S. The number of carbonyl (C=O) groups excluding carboxylic acids is 1. The summed E-state index contributed by atoms with van der Waals surface area (Å²) in [6, 6.07) is 7.02. The highest BCUT2D eigenvalue weighted by molar-refractivity contribution is 7.89. The van der Waals surface area contributed by atoms with Gasteiger partial charge < -0.3 is 10.1 Å². The topological polar surface area (TPSA) is 145 Å². The number of alkyl halides is 3. The molecule has 0 unspecified atom stereocenters. The fourth-order valence-corrected chi connectivity index (χ4v) is 4.88. The summed E-state index contributed by atoms with van der Waals surface area (Å²) in [7, 11) is -2.79. The Morgan fingerprint density at radius 2 is 1.89 bits per heavy atom. The van der Waals surface area contributed by atoms with Gasteiger partial charge >= 0.3 is 6.18 Å².